The van der Waals surface area contributed by atoms with Crippen LogP contribution in [-0.4, -0.2) is 22.8 Å². The molecule has 0 saturated heterocycles. The lowest BCUT2D eigenvalue weighted by molar-refractivity contribution is 0.272. The molecule has 3 nitrogen and oxygen atoms in total. The molecule has 0 atom stereocenters. The van der Waals surface area contributed by atoms with E-state index >= 15 is 0 Å². The first-order valence-corrected chi connectivity index (χ1v) is 5.35. The third-order valence-corrected chi connectivity index (χ3v) is 2.08. The van der Waals surface area contributed by atoms with Crippen LogP contribution in [0.1, 0.15) is 12.7 Å². The van der Waals surface area contributed by atoms with Crippen LogP contribution in [0, 0.1) is 5.82 Å². The summed E-state index contributed by atoms with van der Waals surface area (Å²) in [7, 11) is 0. The van der Waals surface area contributed by atoms with E-state index in [1.54, 1.807) is 12.3 Å². The van der Waals surface area contributed by atoms with Crippen LogP contribution >= 0.6 is 11.8 Å². The Balaban J connectivity index is 2.79. The van der Waals surface area contributed by atoms with E-state index < -0.39 is 5.82 Å². The van der Waals surface area contributed by atoms with Crippen molar-refractivity contribution in [1.82, 2.24) is 9.97 Å². The highest BCUT2D eigenvalue weighted by Crippen LogP contribution is 2.15. The van der Waals surface area contributed by atoms with Gasteiger partial charge in [0.15, 0.2) is 11.6 Å². The van der Waals surface area contributed by atoms with Crippen LogP contribution in [0.4, 0.5) is 4.39 Å². The van der Waals surface area contributed by atoms with Gasteiger partial charge in [-0.25, -0.2) is 14.4 Å². The average Bonchev–Trinajstić information content (AvgIpc) is 2.21. The third kappa shape index (κ3) is 2.99. The summed E-state index contributed by atoms with van der Waals surface area (Å²) < 4.78 is 17.9. The lowest BCUT2D eigenvalue weighted by Crippen LogP contribution is -1.93. The predicted molar refractivity (Wildman–Crippen MR) is 54.4 cm³/mol. The Hall–Kier alpha value is -1.10. The average molecular weight is 214 g/mol. The summed E-state index contributed by atoms with van der Waals surface area (Å²) in [6, 6.07) is 0. The maximum Gasteiger partial charge on any atom is 0.173 e. The van der Waals surface area contributed by atoms with E-state index in [1.807, 2.05) is 6.92 Å². The van der Waals surface area contributed by atoms with Crippen molar-refractivity contribution in [3.8, 4) is 0 Å². The smallest absolute Gasteiger partial charge is 0.173 e. The fraction of sp³-hybridized carbons (Fsp3) is 0.333. The number of halogens is 1. The van der Waals surface area contributed by atoms with Crippen LogP contribution in [0.15, 0.2) is 17.5 Å². The van der Waals surface area contributed by atoms with E-state index in [4.69, 9.17) is 4.74 Å². The predicted octanol–water partition coefficient (Wildman–Crippen LogP) is 2.34. The van der Waals surface area contributed by atoms with E-state index in [0.29, 0.717) is 17.5 Å². The molecule has 0 amide bonds. The molecular weight excluding hydrogens is 203 g/mol. The Morgan fingerprint density at radius 2 is 2.43 bits per heavy atom. The van der Waals surface area contributed by atoms with Gasteiger partial charge in [0.25, 0.3) is 0 Å². The molecule has 0 radical (unpaired) electrons. The highest BCUT2D eigenvalue weighted by Gasteiger charge is 2.03. The molecule has 5 heteroatoms. The fourth-order valence-electron chi connectivity index (χ4n) is 0.793. The summed E-state index contributed by atoms with van der Waals surface area (Å²) >= 11 is 1.25. The van der Waals surface area contributed by atoms with Crippen LogP contribution in [0.3, 0.4) is 0 Å². The molecule has 1 heterocycles. The molecule has 0 aromatic carbocycles. The molecule has 0 spiro atoms. The van der Waals surface area contributed by atoms with Crippen LogP contribution in [-0.2, 0) is 4.74 Å². The third-order valence-electron chi connectivity index (χ3n) is 1.40. The van der Waals surface area contributed by atoms with Gasteiger partial charge < -0.3 is 4.74 Å². The molecule has 14 heavy (non-hydrogen) atoms. The molecule has 1 aromatic rings. The lowest BCUT2D eigenvalue weighted by Gasteiger charge is -1.98. The van der Waals surface area contributed by atoms with Gasteiger partial charge in [-0.1, -0.05) is 0 Å². The van der Waals surface area contributed by atoms with Crippen molar-refractivity contribution in [1.29, 1.82) is 0 Å². The molecule has 0 aliphatic rings. The minimum absolute atomic E-state index is 0.344. The maximum absolute atomic E-state index is 13.0. The van der Waals surface area contributed by atoms with Gasteiger partial charge in [0.1, 0.15) is 5.03 Å². The SMILES string of the molecule is CCOC=Cc1ncc(F)c(SC)n1. The van der Waals surface area contributed by atoms with E-state index in [0.717, 1.165) is 6.20 Å². The van der Waals surface area contributed by atoms with Crippen molar-refractivity contribution in [3.63, 3.8) is 0 Å². The minimum Gasteiger partial charge on any atom is -0.501 e. The molecule has 0 unspecified atom stereocenters. The highest BCUT2D eigenvalue weighted by atomic mass is 32.2. The van der Waals surface area contributed by atoms with Crippen LogP contribution in [0.25, 0.3) is 6.08 Å². The van der Waals surface area contributed by atoms with Crippen LogP contribution < -0.4 is 0 Å². The molecule has 0 saturated carbocycles. The fourth-order valence-corrected chi connectivity index (χ4v) is 1.23. The van der Waals surface area contributed by atoms with Crippen LogP contribution in [0.2, 0.25) is 0 Å². The van der Waals surface area contributed by atoms with Crippen molar-refractivity contribution in [2.45, 2.75) is 11.9 Å². The van der Waals surface area contributed by atoms with Crippen molar-refractivity contribution in [2.24, 2.45) is 0 Å². The first-order valence-electron chi connectivity index (χ1n) is 4.12. The zero-order chi connectivity index (χ0) is 10.4. The molecule has 76 valence electrons. The maximum atomic E-state index is 13.0. The first-order chi connectivity index (χ1) is 6.77. The number of hydrogen-bond donors (Lipinski definition) is 0. The molecule has 0 aliphatic carbocycles. The number of aromatic nitrogens is 2. The van der Waals surface area contributed by atoms with Gasteiger partial charge in [0.05, 0.1) is 19.1 Å². The molecule has 0 fully saturated rings. The Bertz CT molecular complexity index is 331. The highest BCUT2D eigenvalue weighted by molar-refractivity contribution is 7.98. The Morgan fingerprint density at radius 3 is 3.07 bits per heavy atom. The second-order valence-electron chi connectivity index (χ2n) is 2.34. The molecule has 0 N–H and O–H groups in total. The number of thioether (sulfide) groups is 1. The quantitative estimate of drug-likeness (QED) is 0.438. The van der Waals surface area contributed by atoms with Gasteiger partial charge in [0, 0.05) is 6.08 Å². The summed E-state index contributed by atoms with van der Waals surface area (Å²) in [5, 5.41) is 0.344. The summed E-state index contributed by atoms with van der Waals surface area (Å²) in [6.45, 7) is 2.47. The van der Waals surface area contributed by atoms with Gasteiger partial charge >= 0.3 is 0 Å². The molecular formula is C9H11FN2OS. The molecule has 1 aromatic heterocycles. The van der Waals surface area contributed by atoms with Gasteiger partial charge in [-0.2, -0.15) is 0 Å². The second-order valence-corrected chi connectivity index (χ2v) is 3.14. The van der Waals surface area contributed by atoms with Crippen molar-refractivity contribution >= 4 is 17.8 Å². The Kier molecular flexibility index (Phi) is 4.39. The monoisotopic (exact) mass is 214 g/mol. The molecule has 0 aliphatic heterocycles. The Morgan fingerprint density at radius 1 is 1.64 bits per heavy atom. The number of rotatable bonds is 4. The first kappa shape index (κ1) is 11.0. The van der Waals surface area contributed by atoms with E-state index in [1.165, 1.54) is 18.0 Å². The zero-order valence-corrected chi connectivity index (χ0v) is 8.84. The van der Waals surface area contributed by atoms with E-state index in [-0.39, 0.29) is 0 Å². The Labute approximate surface area is 86.4 Å². The minimum atomic E-state index is -0.397. The van der Waals surface area contributed by atoms with Gasteiger partial charge in [0.2, 0.25) is 0 Å². The summed E-state index contributed by atoms with van der Waals surface area (Å²) in [4.78, 5) is 7.77. The van der Waals surface area contributed by atoms with Gasteiger partial charge in [-0.3, -0.25) is 0 Å². The van der Waals surface area contributed by atoms with Gasteiger partial charge in [-0.15, -0.1) is 11.8 Å². The molecule has 0 bridgehead atoms. The van der Waals surface area contributed by atoms with Gasteiger partial charge in [-0.05, 0) is 13.2 Å². The summed E-state index contributed by atoms with van der Waals surface area (Å²) in [5.41, 5.74) is 0. The van der Waals surface area contributed by atoms with Crippen LogP contribution in [0.5, 0.6) is 0 Å². The van der Waals surface area contributed by atoms with Crippen molar-refractivity contribution in [3.05, 3.63) is 24.1 Å². The standard InChI is InChI=1S/C9H11FN2OS/c1-3-13-5-4-8-11-6-7(10)9(12-8)14-2/h4-6H,3H2,1-2H3. The normalized spacial score (nSPS) is 10.8. The van der Waals surface area contributed by atoms with Crippen molar-refractivity contribution in [2.75, 3.05) is 12.9 Å². The number of hydrogen-bond acceptors (Lipinski definition) is 4. The largest absolute Gasteiger partial charge is 0.501 e. The van der Waals surface area contributed by atoms with E-state index in [2.05, 4.69) is 9.97 Å². The number of ether oxygens (including phenoxy) is 1. The lowest BCUT2D eigenvalue weighted by atomic mass is 10.5. The molecule has 1 rings (SSSR count). The summed E-state index contributed by atoms with van der Waals surface area (Å²) in [6.07, 6.45) is 6.02. The second kappa shape index (κ2) is 5.59. The van der Waals surface area contributed by atoms with E-state index in [9.17, 15) is 4.39 Å². The topological polar surface area (TPSA) is 35.0 Å². The van der Waals surface area contributed by atoms with Crippen molar-refractivity contribution < 1.29 is 9.13 Å². The number of nitrogens with zero attached hydrogens (tertiary/aromatic N) is 2. The summed E-state index contributed by atoms with van der Waals surface area (Å²) in [5.74, 6) is 0.0512. The zero-order valence-electron chi connectivity index (χ0n) is 8.03.